The van der Waals surface area contributed by atoms with Crippen molar-refractivity contribution in [2.45, 2.75) is 6.42 Å². The molecule has 0 aliphatic carbocycles. The Morgan fingerprint density at radius 1 is 1.19 bits per heavy atom. The number of hydrogen-bond acceptors (Lipinski definition) is 5. The van der Waals surface area contributed by atoms with Crippen LogP contribution in [0.15, 0.2) is 39.5 Å². The lowest BCUT2D eigenvalue weighted by Crippen LogP contribution is -2.10. The molecular weight excluding hydrogens is 270 g/mol. The van der Waals surface area contributed by atoms with Crippen molar-refractivity contribution >= 4 is 28.1 Å². The van der Waals surface area contributed by atoms with E-state index in [1.54, 1.807) is 0 Å². The highest BCUT2D eigenvalue weighted by Gasteiger charge is 2.11. The first kappa shape index (κ1) is 11.7. The van der Waals surface area contributed by atoms with Crippen LogP contribution in [0.5, 0.6) is 0 Å². The Hall–Kier alpha value is -3.09. The molecule has 0 aliphatic heterocycles. The van der Waals surface area contributed by atoms with Gasteiger partial charge in [-0.1, -0.05) is 18.2 Å². The Balaban J connectivity index is 1.76. The van der Waals surface area contributed by atoms with E-state index in [0.29, 0.717) is 23.4 Å². The molecule has 0 spiro atoms. The number of aromatic nitrogens is 4. The van der Waals surface area contributed by atoms with E-state index < -0.39 is 0 Å². The van der Waals surface area contributed by atoms with Gasteiger partial charge >= 0.3 is 0 Å². The molecule has 0 saturated heterocycles. The number of furan rings is 1. The first-order valence-electron chi connectivity index (χ1n) is 6.41. The average molecular weight is 281 g/mol. The van der Waals surface area contributed by atoms with Crippen molar-refractivity contribution in [1.29, 1.82) is 0 Å². The fourth-order valence-corrected chi connectivity index (χ4v) is 2.34. The summed E-state index contributed by atoms with van der Waals surface area (Å²) in [6.07, 6.45) is 0.449. The van der Waals surface area contributed by atoms with Gasteiger partial charge in [0.25, 0.3) is 5.56 Å². The molecule has 0 amide bonds. The van der Waals surface area contributed by atoms with Crippen LogP contribution in [0.25, 0.3) is 22.1 Å². The second kappa shape index (κ2) is 4.20. The van der Waals surface area contributed by atoms with E-state index in [9.17, 15) is 4.79 Å². The monoisotopic (exact) mass is 281 g/mol. The van der Waals surface area contributed by atoms with Crippen molar-refractivity contribution in [3.63, 3.8) is 0 Å². The van der Waals surface area contributed by atoms with Gasteiger partial charge in [-0.05, 0) is 12.1 Å². The van der Waals surface area contributed by atoms with Crippen LogP contribution in [0.1, 0.15) is 11.6 Å². The maximum absolute atomic E-state index is 11.7. The Kier molecular flexibility index (Phi) is 2.34. The Morgan fingerprint density at radius 2 is 2.05 bits per heavy atom. The van der Waals surface area contributed by atoms with Crippen LogP contribution in [-0.2, 0) is 6.42 Å². The van der Waals surface area contributed by atoms with E-state index in [0.717, 1.165) is 16.7 Å². The molecule has 4 N–H and O–H groups in total. The molecule has 7 nitrogen and oxygen atoms in total. The molecule has 4 rings (SSSR count). The summed E-state index contributed by atoms with van der Waals surface area (Å²) in [5, 5.41) is 1.03. The lowest BCUT2D eigenvalue weighted by molar-refractivity contribution is 0.559. The quantitative estimate of drug-likeness (QED) is 0.516. The molecule has 0 saturated carbocycles. The molecule has 7 heteroatoms. The summed E-state index contributed by atoms with van der Waals surface area (Å²) in [6, 6.07) is 9.71. The Bertz CT molecular complexity index is 978. The second-order valence-electron chi connectivity index (χ2n) is 4.76. The standard InChI is InChI=1S/C14H11N5O2/c15-14-18-12-11(13(20)19-14)16-10(17-12)6-8-5-7-3-1-2-4-9(7)21-8/h1-5H,6H2,(H4,15,16,17,18,19,20). The number of anilines is 1. The fourth-order valence-electron chi connectivity index (χ4n) is 2.34. The third-order valence-corrected chi connectivity index (χ3v) is 3.25. The third kappa shape index (κ3) is 1.95. The number of para-hydroxylation sites is 1. The van der Waals surface area contributed by atoms with Gasteiger partial charge in [0.15, 0.2) is 11.2 Å². The van der Waals surface area contributed by atoms with Crippen molar-refractivity contribution in [3.8, 4) is 0 Å². The lowest BCUT2D eigenvalue weighted by Gasteiger charge is -1.90. The molecule has 0 aliphatic rings. The van der Waals surface area contributed by atoms with Crippen molar-refractivity contribution in [2.75, 3.05) is 5.73 Å². The Labute approximate surface area is 117 Å². The van der Waals surface area contributed by atoms with Crippen molar-refractivity contribution < 1.29 is 4.42 Å². The number of H-pyrrole nitrogens is 2. The minimum Gasteiger partial charge on any atom is -0.461 e. The van der Waals surface area contributed by atoms with E-state index >= 15 is 0 Å². The summed E-state index contributed by atoms with van der Waals surface area (Å²) in [7, 11) is 0. The van der Waals surface area contributed by atoms with Gasteiger partial charge in [0, 0.05) is 5.39 Å². The molecule has 0 fully saturated rings. The topological polar surface area (TPSA) is 114 Å². The summed E-state index contributed by atoms with van der Waals surface area (Å²) in [5.41, 5.74) is 6.61. The predicted octanol–water partition coefficient (Wildman–Crippen LogP) is 1.57. The average Bonchev–Trinajstić information content (AvgIpc) is 3.01. The van der Waals surface area contributed by atoms with Gasteiger partial charge in [-0.3, -0.25) is 9.78 Å². The van der Waals surface area contributed by atoms with Gasteiger partial charge in [0.05, 0.1) is 6.42 Å². The van der Waals surface area contributed by atoms with Crippen molar-refractivity contribution in [3.05, 3.63) is 52.3 Å². The van der Waals surface area contributed by atoms with E-state index in [-0.39, 0.29) is 11.5 Å². The molecule has 0 radical (unpaired) electrons. The van der Waals surface area contributed by atoms with Gasteiger partial charge in [-0.15, -0.1) is 0 Å². The summed E-state index contributed by atoms with van der Waals surface area (Å²) in [5.74, 6) is 1.42. The zero-order valence-electron chi connectivity index (χ0n) is 10.9. The first-order valence-corrected chi connectivity index (χ1v) is 6.41. The number of imidazole rings is 1. The van der Waals surface area contributed by atoms with Crippen molar-refractivity contribution in [1.82, 2.24) is 19.9 Å². The summed E-state index contributed by atoms with van der Waals surface area (Å²) in [4.78, 5) is 25.4. The molecule has 0 bridgehead atoms. The molecule has 0 unspecified atom stereocenters. The van der Waals surface area contributed by atoms with E-state index in [4.69, 9.17) is 10.2 Å². The highest BCUT2D eigenvalue weighted by atomic mass is 16.3. The summed E-state index contributed by atoms with van der Waals surface area (Å²) < 4.78 is 5.73. The largest absolute Gasteiger partial charge is 0.461 e. The maximum Gasteiger partial charge on any atom is 0.278 e. The molecule has 104 valence electrons. The predicted molar refractivity (Wildman–Crippen MR) is 77.9 cm³/mol. The van der Waals surface area contributed by atoms with E-state index in [2.05, 4.69) is 19.9 Å². The second-order valence-corrected chi connectivity index (χ2v) is 4.76. The molecular formula is C14H11N5O2. The highest BCUT2D eigenvalue weighted by Crippen LogP contribution is 2.20. The fraction of sp³-hybridized carbons (Fsp3) is 0.0714. The molecule has 3 heterocycles. The Morgan fingerprint density at radius 3 is 2.90 bits per heavy atom. The number of nitrogens with two attached hydrogens (primary N) is 1. The number of nitrogen functional groups attached to an aromatic ring is 1. The highest BCUT2D eigenvalue weighted by molar-refractivity contribution is 5.77. The van der Waals surface area contributed by atoms with Crippen LogP contribution in [0.3, 0.4) is 0 Å². The third-order valence-electron chi connectivity index (χ3n) is 3.25. The van der Waals surface area contributed by atoms with Crippen LogP contribution >= 0.6 is 0 Å². The number of aromatic amines is 2. The number of benzene rings is 1. The number of hydrogen-bond donors (Lipinski definition) is 3. The smallest absolute Gasteiger partial charge is 0.278 e. The molecule has 0 atom stereocenters. The molecule has 21 heavy (non-hydrogen) atoms. The van der Waals surface area contributed by atoms with Gasteiger partial charge < -0.3 is 15.1 Å². The number of rotatable bonds is 2. The summed E-state index contributed by atoms with van der Waals surface area (Å²) in [6.45, 7) is 0. The van der Waals surface area contributed by atoms with Crippen LogP contribution in [-0.4, -0.2) is 19.9 Å². The number of fused-ring (bicyclic) bond motifs is 2. The van der Waals surface area contributed by atoms with Crippen LogP contribution in [0.4, 0.5) is 5.95 Å². The van der Waals surface area contributed by atoms with Gasteiger partial charge in [-0.25, -0.2) is 4.98 Å². The first-order chi connectivity index (χ1) is 10.2. The van der Waals surface area contributed by atoms with Crippen LogP contribution in [0, 0.1) is 0 Å². The lowest BCUT2D eigenvalue weighted by atomic mass is 10.2. The maximum atomic E-state index is 11.7. The minimum absolute atomic E-state index is 0.0503. The van der Waals surface area contributed by atoms with Gasteiger partial charge in [0.2, 0.25) is 5.95 Å². The van der Waals surface area contributed by atoms with Crippen LogP contribution in [0.2, 0.25) is 0 Å². The van der Waals surface area contributed by atoms with Crippen LogP contribution < -0.4 is 11.3 Å². The number of nitrogens with one attached hydrogen (secondary N) is 2. The van der Waals surface area contributed by atoms with Crippen molar-refractivity contribution in [2.24, 2.45) is 0 Å². The normalized spacial score (nSPS) is 11.4. The SMILES string of the molecule is Nc1nc2nc(Cc3cc4ccccc4o3)[nH]c2c(=O)[nH]1. The minimum atomic E-state index is -0.333. The molecule has 4 aromatic rings. The van der Waals surface area contributed by atoms with E-state index in [1.165, 1.54) is 0 Å². The molecule has 1 aromatic carbocycles. The zero-order chi connectivity index (χ0) is 14.4. The number of nitrogens with zero attached hydrogens (tertiary/aromatic N) is 2. The van der Waals surface area contributed by atoms with Gasteiger partial charge in [-0.2, -0.15) is 4.98 Å². The summed E-state index contributed by atoms with van der Waals surface area (Å²) >= 11 is 0. The zero-order valence-corrected chi connectivity index (χ0v) is 10.9. The molecule has 3 aromatic heterocycles. The van der Waals surface area contributed by atoms with E-state index in [1.807, 2.05) is 30.3 Å². The van der Waals surface area contributed by atoms with Gasteiger partial charge in [0.1, 0.15) is 17.2 Å².